The molecule has 2 aromatic rings. The first-order valence-electron chi connectivity index (χ1n) is 8.31. The van der Waals surface area contributed by atoms with Gasteiger partial charge in [-0.2, -0.15) is 0 Å². The van der Waals surface area contributed by atoms with Crippen molar-refractivity contribution in [3.63, 3.8) is 0 Å². The molecule has 1 N–H and O–H groups in total. The van der Waals surface area contributed by atoms with Gasteiger partial charge >= 0.3 is 0 Å². The van der Waals surface area contributed by atoms with Gasteiger partial charge in [-0.05, 0) is 55.3 Å². The minimum absolute atomic E-state index is 0.138. The first-order valence-corrected chi connectivity index (χ1v) is 9.75. The van der Waals surface area contributed by atoms with Crippen LogP contribution in [0.15, 0.2) is 53.4 Å². The Bertz CT molecular complexity index is 846. The molecule has 0 radical (unpaired) electrons. The highest BCUT2D eigenvalue weighted by molar-refractivity contribution is 7.89. The van der Waals surface area contributed by atoms with Gasteiger partial charge in [0.2, 0.25) is 15.9 Å². The van der Waals surface area contributed by atoms with Crippen molar-refractivity contribution in [1.82, 2.24) is 4.31 Å². The lowest BCUT2D eigenvalue weighted by atomic mass is 10.2. The lowest BCUT2D eigenvalue weighted by molar-refractivity contribution is -0.116. The van der Waals surface area contributed by atoms with Gasteiger partial charge in [-0.15, -0.1) is 0 Å². The molecule has 0 unspecified atom stereocenters. The largest absolute Gasteiger partial charge is 0.494 e. The summed E-state index contributed by atoms with van der Waals surface area (Å²) in [5.74, 6) is 0.657. The Morgan fingerprint density at radius 1 is 1.12 bits per heavy atom. The average molecular weight is 376 g/mol. The van der Waals surface area contributed by atoms with Crippen molar-refractivity contribution in [1.29, 1.82) is 0 Å². The second-order valence-corrected chi connectivity index (χ2v) is 8.28. The first-order chi connectivity index (χ1) is 12.3. The fourth-order valence-electron chi connectivity index (χ4n) is 2.27. The van der Waals surface area contributed by atoms with Crippen molar-refractivity contribution in [2.24, 2.45) is 0 Å². The van der Waals surface area contributed by atoms with Crippen LogP contribution in [-0.4, -0.2) is 39.3 Å². The number of carbonyl (C=O) groups excluding carboxylic acids is 1. The number of ether oxygens (including phenoxy) is 1. The molecule has 0 aliphatic rings. The zero-order chi connectivity index (χ0) is 19.2. The SMILES string of the molecule is Cc1cccc(OCCCC(=O)Nc2ccc(S(=O)(=O)N(C)C)cc2)c1. The molecular formula is C19H24N2O4S. The van der Waals surface area contributed by atoms with E-state index in [4.69, 9.17) is 4.74 Å². The molecular weight excluding hydrogens is 352 g/mol. The highest BCUT2D eigenvalue weighted by Crippen LogP contribution is 2.17. The number of aryl methyl sites for hydroxylation is 1. The summed E-state index contributed by atoms with van der Waals surface area (Å²) in [6.45, 7) is 2.45. The van der Waals surface area contributed by atoms with Crippen molar-refractivity contribution in [2.45, 2.75) is 24.7 Å². The number of anilines is 1. The summed E-state index contributed by atoms with van der Waals surface area (Å²) >= 11 is 0. The Kier molecular flexibility index (Phi) is 6.76. The minimum atomic E-state index is -3.47. The summed E-state index contributed by atoms with van der Waals surface area (Å²) in [6.07, 6.45) is 0.913. The van der Waals surface area contributed by atoms with Crippen LogP contribution in [0.3, 0.4) is 0 Å². The zero-order valence-electron chi connectivity index (χ0n) is 15.2. The van der Waals surface area contributed by atoms with E-state index in [-0.39, 0.29) is 10.8 Å². The van der Waals surface area contributed by atoms with Gasteiger partial charge in [-0.25, -0.2) is 12.7 Å². The summed E-state index contributed by atoms with van der Waals surface area (Å²) < 4.78 is 30.8. The van der Waals surface area contributed by atoms with E-state index in [2.05, 4.69) is 5.32 Å². The summed E-state index contributed by atoms with van der Waals surface area (Å²) in [7, 11) is -0.513. The lowest BCUT2D eigenvalue weighted by Crippen LogP contribution is -2.22. The predicted molar refractivity (Wildman–Crippen MR) is 102 cm³/mol. The van der Waals surface area contributed by atoms with E-state index < -0.39 is 10.0 Å². The molecule has 0 aliphatic carbocycles. The number of hydrogen-bond donors (Lipinski definition) is 1. The van der Waals surface area contributed by atoms with E-state index in [1.165, 1.54) is 26.2 Å². The van der Waals surface area contributed by atoms with Crippen LogP contribution in [0, 0.1) is 6.92 Å². The van der Waals surface area contributed by atoms with E-state index in [0.717, 1.165) is 15.6 Å². The van der Waals surface area contributed by atoms with Crippen LogP contribution in [-0.2, 0) is 14.8 Å². The Hall–Kier alpha value is -2.38. The van der Waals surface area contributed by atoms with Gasteiger partial charge in [-0.1, -0.05) is 12.1 Å². The highest BCUT2D eigenvalue weighted by Gasteiger charge is 2.16. The lowest BCUT2D eigenvalue weighted by Gasteiger charge is -2.12. The number of benzene rings is 2. The number of rotatable bonds is 8. The standard InChI is InChI=1S/C19H24N2O4S/c1-15-6-4-7-17(14-15)25-13-5-8-19(22)20-16-9-11-18(12-10-16)26(23,24)21(2)3/h4,6-7,9-12,14H,5,8,13H2,1-3H3,(H,20,22). The van der Waals surface area contributed by atoms with Crippen LogP contribution >= 0.6 is 0 Å². The molecule has 0 spiro atoms. The Balaban J connectivity index is 1.79. The molecule has 6 nitrogen and oxygen atoms in total. The molecule has 0 saturated heterocycles. The maximum atomic E-state index is 12.0. The molecule has 0 saturated carbocycles. The highest BCUT2D eigenvalue weighted by atomic mass is 32.2. The Labute approximate surface area is 154 Å². The van der Waals surface area contributed by atoms with E-state index in [0.29, 0.717) is 25.1 Å². The maximum Gasteiger partial charge on any atom is 0.242 e. The van der Waals surface area contributed by atoms with Gasteiger partial charge in [-0.3, -0.25) is 4.79 Å². The molecule has 0 aromatic heterocycles. The van der Waals surface area contributed by atoms with E-state index in [1.807, 2.05) is 31.2 Å². The number of amides is 1. The average Bonchev–Trinajstić information content (AvgIpc) is 2.59. The number of nitrogens with one attached hydrogen (secondary N) is 1. The second-order valence-electron chi connectivity index (χ2n) is 6.13. The van der Waals surface area contributed by atoms with Gasteiger partial charge in [0.15, 0.2) is 0 Å². The summed E-state index contributed by atoms with van der Waals surface area (Å²) in [5.41, 5.74) is 1.69. The van der Waals surface area contributed by atoms with Gasteiger partial charge in [0.1, 0.15) is 5.75 Å². The van der Waals surface area contributed by atoms with E-state index in [1.54, 1.807) is 12.1 Å². The molecule has 0 fully saturated rings. The fraction of sp³-hybridized carbons (Fsp3) is 0.316. The molecule has 26 heavy (non-hydrogen) atoms. The van der Waals surface area contributed by atoms with Gasteiger partial charge in [0.25, 0.3) is 0 Å². The molecule has 1 amide bonds. The van der Waals surface area contributed by atoms with Crippen molar-refractivity contribution >= 4 is 21.6 Å². The van der Waals surface area contributed by atoms with Gasteiger partial charge in [0, 0.05) is 26.2 Å². The molecule has 7 heteroatoms. The molecule has 0 bridgehead atoms. The van der Waals surface area contributed by atoms with Crippen molar-refractivity contribution in [3.8, 4) is 5.75 Å². The number of carbonyl (C=O) groups is 1. The van der Waals surface area contributed by atoms with Gasteiger partial charge < -0.3 is 10.1 Å². The third-order valence-corrected chi connectivity index (χ3v) is 5.55. The molecule has 140 valence electrons. The number of nitrogens with zero attached hydrogens (tertiary/aromatic N) is 1. The van der Waals surface area contributed by atoms with Crippen molar-refractivity contribution < 1.29 is 17.9 Å². The monoisotopic (exact) mass is 376 g/mol. The van der Waals surface area contributed by atoms with Crippen LogP contribution in [0.1, 0.15) is 18.4 Å². The predicted octanol–water partition coefficient (Wildman–Crippen LogP) is 3.04. The Morgan fingerprint density at radius 2 is 1.81 bits per heavy atom. The molecule has 0 aliphatic heterocycles. The Morgan fingerprint density at radius 3 is 2.42 bits per heavy atom. The van der Waals surface area contributed by atoms with Crippen LogP contribution in [0.5, 0.6) is 5.75 Å². The van der Waals surface area contributed by atoms with Crippen LogP contribution in [0.2, 0.25) is 0 Å². The van der Waals surface area contributed by atoms with Gasteiger partial charge in [0.05, 0.1) is 11.5 Å². The minimum Gasteiger partial charge on any atom is -0.494 e. The number of hydrogen-bond acceptors (Lipinski definition) is 4. The quantitative estimate of drug-likeness (QED) is 0.719. The molecule has 0 atom stereocenters. The molecule has 0 heterocycles. The molecule has 2 aromatic carbocycles. The van der Waals surface area contributed by atoms with Crippen LogP contribution in [0.25, 0.3) is 0 Å². The molecule has 2 rings (SSSR count). The summed E-state index contributed by atoms with van der Waals surface area (Å²) in [6, 6.07) is 13.9. The zero-order valence-corrected chi connectivity index (χ0v) is 16.0. The smallest absolute Gasteiger partial charge is 0.242 e. The summed E-state index contributed by atoms with van der Waals surface area (Å²) in [4.78, 5) is 12.2. The van der Waals surface area contributed by atoms with E-state index in [9.17, 15) is 13.2 Å². The fourth-order valence-corrected chi connectivity index (χ4v) is 3.17. The normalized spacial score (nSPS) is 11.4. The van der Waals surface area contributed by atoms with Crippen LogP contribution in [0.4, 0.5) is 5.69 Å². The summed E-state index contributed by atoms with van der Waals surface area (Å²) in [5, 5.41) is 2.75. The topological polar surface area (TPSA) is 75.7 Å². The van der Waals surface area contributed by atoms with E-state index >= 15 is 0 Å². The second kappa shape index (κ2) is 8.82. The maximum absolute atomic E-state index is 12.0. The van der Waals surface area contributed by atoms with Crippen LogP contribution < -0.4 is 10.1 Å². The van der Waals surface area contributed by atoms with Crippen molar-refractivity contribution in [3.05, 3.63) is 54.1 Å². The third-order valence-electron chi connectivity index (χ3n) is 3.72. The third kappa shape index (κ3) is 5.57. The first kappa shape index (κ1) is 19.9. The van der Waals surface area contributed by atoms with Crippen molar-refractivity contribution in [2.75, 3.05) is 26.0 Å². The number of sulfonamides is 1.